The molecular weight excluding hydrogens is 344 g/mol. The maximum atomic E-state index is 11.7. The predicted molar refractivity (Wildman–Crippen MR) is 108 cm³/mol. The molecule has 0 radical (unpaired) electrons. The Labute approximate surface area is 157 Å². The van der Waals surface area contributed by atoms with Gasteiger partial charge >= 0.3 is 0 Å². The van der Waals surface area contributed by atoms with Crippen LogP contribution in [-0.2, 0) is 4.79 Å². The van der Waals surface area contributed by atoms with E-state index in [4.69, 9.17) is 9.72 Å². The maximum Gasteiger partial charge on any atom is 0.224 e. The molecule has 26 heavy (non-hydrogen) atoms. The summed E-state index contributed by atoms with van der Waals surface area (Å²) in [6.45, 7) is 4.07. The van der Waals surface area contributed by atoms with Crippen molar-refractivity contribution in [2.75, 3.05) is 12.4 Å². The van der Waals surface area contributed by atoms with E-state index in [-0.39, 0.29) is 5.91 Å². The van der Waals surface area contributed by atoms with Gasteiger partial charge < -0.3 is 10.1 Å². The fourth-order valence-electron chi connectivity index (χ4n) is 2.76. The number of hydrogen-bond acceptors (Lipinski definition) is 4. The number of carbonyl (C=O) groups is 1. The molecule has 0 atom stereocenters. The number of methoxy groups -OCH3 is 1. The van der Waals surface area contributed by atoms with E-state index in [1.54, 1.807) is 18.4 Å². The van der Waals surface area contributed by atoms with Gasteiger partial charge in [0.2, 0.25) is 5.91 Å². The standard InChI is InChI=1S/C21H22N2O2S/c1-4-7-19(24)22-16-12-10-15(11-13-16)20-14(2)26-21(23-20)17-8-5-6-9-18(17)25-3/h5-6,8-13H,4,7H2,1-3H3,(H,22,24). The van der Waals surface area contributed by atoms with Crippen molar-refractivity contribution in [2.45, 2.75) is 26.7 Å². The number of aryl methyl sites for hydroxylation is 1. The maximum absolute atomic E-state index is 11.7. The lowest BCUT2D eigenvalue weighted by atomic mass is 10.1. The molecule has 0 aliphatic heterocycles. The molecule has 0 aliphatic rings. The first-order valence-electron chi connectivity index (χ1n) is 8.63. The van der Waals surface area contributed by atoms with Crippen LogP contribution in [0.15, 0.2) is 48.5 Å². The summed E-state index contributed by atoms with van der Waals surface area (Å²) in [6, 6.07) is 15.7. The van der Waals surface area contributed by atoms with Crippen LogP contribution < -0.4 is 10.1 Å². The number of nitrogens with one attached hydrogen (secondary N) is 1. The van der Waals surface area contributed by atoms with Crippen molar-refractivity contribution in [2.24, 2.45) is 0 Å². The van der Waals surface area contributed by atoms with Gasteiger partial charge in [-0.2, -0.15) is 0 Å². The fraction of sp³-hybridized carbons (Fsp3) is 0.238. The summed E-state index contributed by atoms with van der Waals surface area (Å²) in [4.78, 5) is 17.7. The quantitative estimate of drug-likeness (QED) is 0.624. The summed E-state index contributed by atoms with van der Waals surface area (Å²) in [5.41, 5.74) is 3.80. The van der Waals surface area contributed by atoms with Crippen LogP contribution in [-0.4, -0.2) is 18.0 Å². The molecule has 134 valence electrons. The number of anilines is 1. The summed E-state index contributed by atoms with van der Waals surface area (Å²) in [5, 5.41) is 3.85. The highest BCUT2D eigenvalue weighted by atomic mass is 32.1. The number of aromatic nitrogens is 1. The van der Waals surface area contributed by atoms with Gasteiger partial charge in [0, 0.05) is 22.5 Å². The van der Waals surface area contributed by atoms with Gasteiger partial charge in [-0.15, -0.1) is 11.3 Å². The van der Waals surface area contributed by atoms with Gasteiger partial charge in [-0.25, -0.2) is 4.98 Å². The molecule has 1 amide bonds. The highest BCUT2D eigenvalue weighted by Gasteiger charge is 2.14. The number of benzene rings is 2. The number of nitrogens with zero attached hydrogens (tertiary/aromatic N) is 1. The third-order valence-corrected chi connectivity index (χ3v) is 5.06. The summed E-state index contributed by atoms with van der Waals surface area (Å²) in [6.07, 6.45) is 1.38. The van der Waals surface area contributed by atoms with Crippen molar-refractivity contribution in [3.05, 3.63) is 53.4 Å². The smallest absolute Gasteiger partial charge is 0.224 e. The Bertz CT molecular complexity index is 901. The van der Waals surface area contributed by atoms with E-state index in [2.05, 4.69) is 12.2 Å². The largest absolute Gasteiger partial charge is 0.496 e. The van der Waals surface area contributed by atoms with E-state index < -0.39 is 0 Å². The van der Waals surface area contributed by atoms with Crippen LogP contribution in [0.5, 0.6) is 5.75 Å². The Morgan fingerprint density at radius 2 is 1.88 bits per heavy atom. The molecule has 0 spiro atoms. The average molecular weight is 366 g/mol. The summed E-state index contributed by atoms with van der Waals surface area (Å²) in [5.74, 6) is 0.866. The van der Waals surface area contributed by atoms with Crippen molar-refractivity contribution < 1.29 is 9.53 Å². The number of rotatable bonds is 6. The highest BCUT2D eigenvalue weighted by Crippen LogP contribution is 2.37. The number of ether oxygens (including phenoxy) is 1. The number of thiazole rings is 1. The van der Waals surface area contributed by atoms with Gasteiger partial charge in [0.05, 0.1) is 18.4 Å². The van der Waals surface area contributed by atoms with Crippen LogP contribution in [0.3, 0.4) is 0 Å². The average Bonchev–Trinajstić information content (AvgIpc) is 3.04. The van der Waals surface area contributed by atoms with E-state index in [1.807, 2.05) is 55.5 Å². The van der Waals surface area contributed by atoms with Crippen LogP contribution in [0.4, 0.5) is 5.69 Å². The van der Waals surface area contributed by atoms with Crippen LogP contribution in [0, 0.1) is 6.92 Å². The summed E-state index contributed by atoms with van der Waals surface area (Å²) >= 11 is 1.65. The SMILES string of the molecule is CCCC(=O)Nc1ccc(-c2nc(-c3ccccc3OC)sc2C)cc1. The first kappa shape index (κ1) is 18.1. The van der Waals surface area contributed by atoms with Crippen LogP contribution in [0.25, 0.3) is 21.8 Å². The molecule has 0 saturated heterocycles. The Kier molecular flexibility index (Phi) is 5.68. The molecule has 1 aromatic heterocycles. The van der Waals surface area contributed by atoms with E-state index in [0.29, 0.717) is 6.42 Å². The van der Waals surface area contributed by atoms with Crippen molar-refractivity contribution in [3.8, 4) is 27.6 Å². The van der Waals surface area contributed by atoms with Gasteiger partial charge in [0.1, 0.15) is 10.8 Å². The van der Waals surface area contributed by atoms with Crippen LogP contribution in [0.1, 0.15) is 24.6 Å². The van der Waals surface area contributed by atoms with E-state index >= 15 is 0 Å². The molecule has 0 unspecified atom stereocenters. The predicted octanol–water partition coefficient (Wildman–Crippen LogP) is 5.53. The second-order valence-corrected chi connectivity index (χ2v) is 7.20. The van der Waals surface area contributed by atoms with Crippen LogP contribution in [0.2, 0.25) is 0 Å². The van der Waals surface area contributed by atoms with Gasteiger partial charge in [0.15, 0.2) is 0 Å². The van der Waals surface area contributed by atoms with E-state index in [0.717, 1.165) is 44.6 Å². The summed E-state index contributed by atoms with van der Waals surface area (Å²) < 4.78 is 5.45. The minimum absolute atomic E-state index is 0.0450. The first-order chi connectivity index (χ1) is 12.6. The zero-order valence-corrected chi connectivity index (χ0v) is 16.0. The Hall–Kier alpha value is -2.66. The molecule has 1 heterocycles. The van der Waals surface area contributed by atoms with E-state index in [1.165, 1.54) is 0 Å². The minimum atomic E-state index is 0.0450. The van der Waals surface area contributed by atoms with Crippen molar-refractivity contribution in [1.82, 2.24) is 4.98 Å². The molecule has 3 aromatic rings. The van der Waals surface area contributed by atoms with Crippen molar-refractivity contribution in [1.29, 1.82) is 0 Å². The molecule has 5 heteroatoms. The zero-order chi connectivity index (χ0) is 18.5. The molecule has 4 nitrogen and oxygen atoms in total. The Balaban J connectivity index is 1.86. The van der Waals surface area contributed by atoms with Gasteiger partial charge in [-0.1, -0.05) is 31.2 Å². The van der Waals surface area contributed by atoms with Gasteiger partial charge in [0.25, 0.3) is 0 Å². The third-order valence-electron chi connectivity index (χ3n) is 4.05. The number of amides is 1. The van der Waals surface area contributed by atoms with Gasteiger partial charge in [-0.05, 0) is 37.6 Å². The molecule has 3 rings (SSSR count). The monoisotopic (exact) mass is 366 g/mol. The minimum Gasteiger partial charge on any atom is -0.496 e. The number of carbonyl (C=O) groups excluding carboxylic acids is 1. The number of para-hydroxylation sites is 1. The van der Waals surface area contributed by atoms with Crippen molar-refractivity contribution >= 4 is 22.9 Å². The first-order valence-corrected chi connectivity index (χ1v) is 9.45. The second-order valence-electron chi connectivity index (χ2n) is 6.00. The third kappa shape index (κ3) is 3.94. The fourth-order valence-corrected chi connectivity index (χ4v) is 3.73. The zero-order valence-electron chi connectivity index (χ0n) is 15.2. The Morgan fingerprint density at radius 1 is 1.15 bits per heavy atom. The lowest BCUT2D eigenvalue weighted by molar-refractivity contribution is -0.116. The lowest BCUT2D eigenvalue weighted by Gasteiger charge is -2.06. The molecular formula is C21H22N2O2S. The molecule has 2 aromatic carbocycles. The Morgan fingerprint density at radius 3 is 2.58 bits per heavy atom. The molecule has 0 aliphatic carbocycles. The summed E-state index contributed by atoms with van der Waals surface area (Å²) in [7, 11) is 1.67. The lowest BCUT2D eigenvalue weighted by Crippen LogP contribution is -2.10. The molecule has 0 bridgehead atoms. The highest BCUT2D eigenvalue weighted by molar-refractivity contribution is 7.15. The second kappa shape index (κ2) is 8.15. The van der Waals surface area contributed by atoms with Gasteiger partial charge in [-0.3, -0.25) is 4.79 Å². The number of hydrogen-bond donors (Lipinski definition) is 1. The van der Waals surface area contributed by atoms with Crippen molar-refractivity contribution in [3.63, 3.8) is 0 Å². The molecule has 0 fully saturated rings. The van der Waals surface area contributed by atoms with E-state index in [9.17, 15) is 4.79 Å². The normalized spacial score (nSPS) is 10.6. The molecule has 1 N–H and O–H groups in total. The molecule has 0 saturated carbocycles. The topological polar surface area (TPSA) is 51.2 Å². The van der Waals surface area contributed by atoms with Crippen LogP contribution >= 0.6 is 11.3 Å².